The van der Waals surface area contributed by atoms with Gasteiger partial charge in [0.2, 0.25) is 0 Å². The summed E-state index contributed by atoms with van der Waals surface area (Å²) in [4.78, 5) is 27.0. The number of likely N-dealkylation sites (N-methyl/N-ethyl adjacent to an activating group) is 1. The summed E-state index contributed by atoms with van der Waals surface area (Å²) in [6.07, 6.45) is 7.04. The number of carbonyl (C=O) groups is 1. The van der Waals surface area contributed by atoms with Gasteiger partial charge in [-0.25, -0.2) is 4.98 Å². The zero-order chi connectivity index (χ0) is 14.7. The number of amides is 1. The van der Waals surface area contributed by atoms with Gasteiger partial charge < -0.3 is 10.2 Å². The molecule has 1 aliphatic heterocycles. The van der Waals surface area contributed by atoms with E-state index in [1.165, 1.54) is 11.3 Å². The molecule has 0 spiro atoms. The van der Waals surface area contributed by atoms with Crippen LogP contribution in [0.2, 0.25) is 0 Å². The minimum absolute atomic E-state index is 0.00124. The lowest BCUT2D eigenvalue weighted by Gasteiger charge is -2.32. The van der Waals surface area contributed by atoms with Crippen LogP contribution in [0.5, 0.6) is 0 Å². The highest BCUT2D eigenvalue weighted by Crippen LogP contribution is 2.22. The number of nitrogens with one attached hydrogen (secondary N) is 1. The molecule has 2 aromatic heterocycles. The standard InChI is InChI=1S/C14H17N5OS/c1-15-10-3-2-6-19(8-10)14(20)12-9-21-13(18-12)11-7-16-4-5-17-11/h4-5,7,9-10,15H,2-3,6,8H2,1H3. The molecule has 3 heterocycles. The van der Waals surface area contributed by atoms with E-state index in [0.717, 1.165) is 30.9 Å². The fourth-order valence-corrected chi connectivity index (χ4v) is 3.21. The molecule has 1 atom stereocenters. The van der Waals surface area contributed by atoms with E-state index in [0.29, 0.717) is 17.4 Å². The van der Waals surface area contributed by atoms with Crippen molar-refractivity contribution in [2.45, 2.75) is 18.9 Å². The maximum absolute atomic E-state index is 12.5. The van der Waals surface area contributed by atoms with Crippen LogP contribution in [-0.4, -0.2) is 51.9 Å². The molecule has 1 saturated heterocycles. The molecule has 2 aromatic rings. The zero-order valence-electron chi connectivity index (χ0n) is 11.8. The van der Waals surface area contributed by atoms with Gasteiger partial charge in [-0.1, -0.05) is 0 Å². The number of rotatable bonds is 3. The van der Waals surface area contributed by atoms with Crippen LogP contribution in [0.25, 0.3) is 10.7 Å². The van der Waals surface area contributed by atoms with Crippen molar-refractivity contribution in [1.29, 1.82) is 0 Å². The van der Waals surface area contributed by atoms with E-state index in [2.05, 4.69) is 20.3 Å². The van der Waals surface area contributed by atoms with Crippen molar-refractivity contribution in [3.63, 3.8) is 0 Å². The largest absolute Gasteiger partial charge is 0.336 e. The summed E-state index contributed by atoms with van der Waals surface area (Å²) in [5.41, 5.74) is 1.20. The predicted octanol–water partition coefficient (Wildman–Crippen LogP) is 1.42. The molecule has 1 unspecified atom stereocenters. The molecule has 0 bridgehead atoms. The fourth-order valence-electron chi connectivity index (χ4n) is 2.46. The van der Waals surface area contributed by atoms with Gasteiger partial charge in [-0.3, -0.25) is 14.8 Å². The van der Waals surface area contributed by atoms with Gasteiger partial charge in [0.05, 0.1) is 6.20 Å². The van der Waals surface area contributed by atoms with E-state index in [4.69, 9.17) is 0 Å². The molecule has 3 rings (SSSR count). The maximum atomic E-state index is 12.5. The van der Waals surface area contributed by atoms with Crippen LogP contribution in [-0.2, 0) is 0 Å². The second-order valence-electron chi connectivity index (χ2n) is 5.01. The second kappa shape index (κ2) is 6.28. The smallest absolute Gasteiger partial charge is 0.273 e. The van der Waals surface area contributed by atoms with E-state index in [-0.39, 0.29) is 5.91 Å². The normalized spacial score (nSPS) is 18.7. The lowest BCUT2D eigenvalue weighted by molar-refractivity contribution is 0.0693. The van der Waals surface area contributed by atoms with Gasteiger partial charge in [0.25, 0.3) is 5.91 Å². The first-order valence-electron chi connectivity index (χ1n) is 6.96. The first-order chi connectivity index (χ1) is 10.3. The summed E-state index contributed by atoms with van der Waals surface area (Å²) in [5.74, 6) is 0.00124. The molecule has 0 aromatic carbocycles. The number of likely N-dealkylation sites (tertiary alicyclic amines) is 1. The average Bonchev–Trinajstić information content (AvgIpc) is 3.05. The Morgan fingerprint density at radius 1 is 1.48 bits per heavy atom. The number of nitrogens with zero attached hydrogens (tertiary/aromatic N) is 4. The molecular formula is C14H17N5OS. The van der Waals surface area contributed by atoms with Gasteiger partial charge in [0.1, 0.15) is 16.4 Å². The van der Waals surface area contributed by atoms with Crippen LogP contribution in [0.15, 0.2) is 24.0 Å². The Labute approximate surface area is 127 Å². The van der Waals surface area contributed by atoms with Crippen LogP contribution in [0, 0.1) is 0 Å². The second-order valence-corrected chi connectivity index (χ2v) is 5.87. The quantitative estimate of drug-likeness (QED) is 0.928. The highest BCUT2D eigenvalue weighted by Gasteiger charge is 2.25. The monoisotopic (exact) mass is 303 g/mol. The molecule has 1 amide bonds. The number of piperidine rings is 1. The predicted molar refractivity (Wildman–Crippen MR) is 81.1 cm³/mol. The third-order valence-electron chi connectivity index (χ3n) is 3.62. The topological polar surface area (TPSA) is 71.0 Å². The molecule has 7 heteroatoms. The van der Waals surface area contributed by atoms with Crippen LogP contribution in [0.1, 0.15) is 23.3 Å². The Hall–Kier alpha value is -1.86. The number of hydrogen-bond acceptors (Lipinski definition) is 6. The van der Waals surface area contributed by atoms with E-state index < -0.39 is 0 Å². The van der Waals surface area contributed by atoms with Crippen LogP contribution < -0.4 is 5.32 Å². The first kappa shape index (κ1) is 14.1. The van der Waals surface area contributed by atoms with Gasteiger partial charge in [0, 0.05) is 36.9 Å². The van der Waals surface area contributed by atoms with Gasteiger partial charge in [0.15, 0.2) is 0 Å². The van der Waals surface area contributed by atoms with Gasteiger partial charge in [-0.05, 0) is 19.9 Å². The van der Waals surface area contributed by atoms with E-state index in [9.17, 15) is 4.79 Å². The third kappa shape index (κ3) is 3.08. The molecule has 110 valence electrons. The summed E-state index contributed by atoms with van der Waals surface area (Å²) in [6.45, 7) is 1.54. The first-order valence-corrected chi connectivity index (χ1v) is 7.84. The Bertz CT molecular complexity index is 615. The van der Waals surface area contributed by atoms with Crippen molar-refractivity contribution >= 4 is 17.2 Å². The molecule has 1 N–H and O–H groups in total. The Morgan fingerprint density at radius 2 is 2.38 bits per heavy atom. The van der Waals surface area contributed by atoms with Crippen molar-refractivity contribution in [2.75, 3.05) is 20.1 Å². The lowest BCUT2D eigenvalue weighted by Crippen LogP contribution is -2.47. The number of carbonyl (C=O) groups excluding carboxylic acids is 1. The van der Waals surface area contributed by atoms with E-state index in [1.807, 2.05) is 11.9 Å². The Morgan fingerprint density at radius 3 is 3.14 bits per heavy atom. The van der Waals surface area contributed by atoms with Gasteiger partial charge in [-0.15, -0.1) is 11.3 Å². The molecule has 0 saturated carbocycles. The Balaban J connectivity index is 1.75. The zero-order valence-corrected chi connectivity index (χ0v) is 12.6. The summed E-state index contributed by atoms with van der Waals surface area (Å²) >= 11 is 1.42. The van der Waals surface area contributed by atoms with Crippen LogP contribution >= 0.6 is 11.3 Å². The summed E-state index contributed by atoms with van der Waals surface area (Å²) < 4.78 is 0. The van der Waals surface area contributed by atoms with Crippen molar-refractivity contribution in [3.05, 3.63) is 29.7 Å². The van der Waals surface area contributed by atoms with Crippen molar-refractivity contribution < 1.29 is 4.79 Å². The summed E-state index contributed by atoms with van der Waals surface area (Å²) in [6, 6.07) is 0.376. The molecule has 21 heavy (non-hydrogen) atoms. The molecule has 0 aliphatic carbocycles. The minimum atomic E-state index is 0.00124. The average molecular weight is 303 g/mol. The van der Waals surface area contributed by atoms with Gasteiger partial charge in [-0.2, -0.15) is 0 Å². The molecular weight excluding hydrogens is 286 g/mol. The van der Waals surface area contributed by atoms with E-state index >= 15 is 0 Å². The minimum Gasteiger partial charge on any atom is -0.336 e. The third-order valence-corrected chi connectivity index (χ3v) is 4.49. The lowest BCUT2D eigenvalue weighted by atomic mass is 10.1. The highest BCUT2D eigenvalue weighted by atomic mass is 32.1. The summed E-state index contributed by atoms with van der Waals surface area (Å²) in [7, 11) is 1.94. The van der Waals surface area contributed by atoms with Crippen molar-refractivity contribution in [2.24, 2.45) is 0 Å². The van der Waals surface area contributed by atoms with Crippen molar-refractivity contribution in [1.82, 2.24) is 25.2 Å². The van der Waals surface area contributed by atoms with Gasteiger partial charge >= 0.3 is 0 Å². The molecule has 6 nitrogen and oxygen atoms in total. The molecule has 0 radical (unpaired) electrons. The summed E-state index contributed by atoms with van der Waals surface area (Å²) in [5, 5.41) is 5.77. The highest BCUT2D eigenvalue weighted by molar-refractivity contribution is 7.13. The molecule has 1 aliphatic rings. The van der Waals surface area contributed by atoms with Crippen LogP contribution in [0.4, 0.5) is 0 Å². The molecule has 1 fully saturated rings. The Kier molecular flexibility index (Phi) is 4.21. The number of thiazole rings is 1. The van der Waals surface area contributed by atoms with E-state index in [1.54, 1.807) is 24.0 Å². The van der Waals surface area contributed by atoms with Crippen LogP contribution in [0.3, 0.4) is 0 Å². The van der Waals surface area contributed by atoms with Crippen molar-refractivity contribution in [3.8, 4) is 10.7 Å². The fraction of sp³-hybridized carbons (Fsp3) is 0.429. The SMILES string of the molecule is CNC1CCCN(C(=O)c2csc(-c3cnccn3)n2)C1. The number of hydrogen-bond donors (Lipinski definition) is 1. The maximum Gasteiger partial charge on any atom is 0.273 e. The number of aromatic nitrogens is 3.